The van der Waals surface area contributed by atoms with E-state index in [1.807, 2.05) is 19.2 Å². The van der Waals surface area contributed by atoms with Crippen LogP contribution >= 0.6 is 34.4 Å². The number of thioether (sulfide) groups is 1. The van der Waals surface area contributed by atoms with Crippen molar-refractivity contribution < 1.29 is 4.39 Å². The molecule has 1 N–H and O–H groups in total. The predicted octanol–water partition coefficient (Wildman–Crippen LogP) is 4.35. The predicted molar refractivity (Wildman–Crippen MR) is 92.8 cm³/mol. The molecule has 0 aliphatic heterocycles. The molecule has 2 aromatic carbocycles. The van der Waals surface area contributed by atoms with Crippen LogP contribution < -0.4 is 5.32 Å². The number of likely N-dealkylation sites (N-methyl/N-ethyl adjacent to an activating group) is 1. The Bertz CT molecular complexity index is 527. The van der Waals surface area contributed by atoms with Gasteiger partial charge < -0.3 is 5.32 Å². The standard InChI is InChI=1S/C16H17FINS/c1-19-15(10-12-2-6-14(18)7-3-12)11-20-16-8-4-13(17)5-9-16/h2-9,15,19H,10-11H2,1H3. The second kappa shape index (κ2) is 8.00. The second-order valence-electron chi connectivity index (χ2n) is 4.58. The minimum Gasteiger partial charge on any atom is -0.316 e. The lowest BCUT2D eigenvalue weighted by atomic mass is 10.1. The molecule has 0 aromatic heterocycles. The molecule has 0 saturated carbocycles. The van der Waals surface area contributed by atoms with Crippen LogP contribution in [0.3, 0.4) is 0 Å². The van der Waals surface area contributed by atoms with Crippen LogP contribution in [0.5, 0.6) is 0 Å². The maximum absolute atomic E-state index is 12.8. The van der Waals surface area contributed by atoms with Gasteiger partial charge in [0.2, 0.25) is 0 Å². The minimum absolute atomic E-state index is 0.182. The first-order valence-electron chi connectivity index (χ1n) is 6.47. The van der Waals surface area contributed by atoms with E-state index in [1.165, 1.54) is 21.3 Å². The summed E-state index contributed by atoms with van der Waals surface area (Å²) in [5, 5.41) is 3.35. The van der Waals surface area contributed by atoms with Crippen molar-refractivity contribution >= 4 is 34.4 Å². The highest BCUT2D eigenvalue weighted by molar-refractivity contribution is 14.1. The quantitative estimate of drug-likeness (QED) is 0.571. The van der Waals surface area contributed by atoms with Crippen LogP contribution in [0.25, 0.3) is 0 Å². The van der Waals surface area contributed by atoms with Crippen LogP contribution in [0.1, 0.15) is 5.56 Å². The first-order valence-corrected chi connectivity index (χ1v) is 8.54. The average molecular weight is 401 g/mol. The zero-order valence-corrected chi connectivity index (χ0v) is 14.2. The fourth-order valence-electron chi connectivity index (χ4n) is 1.88. The molecule has 20 heavy (non-hydrogen) atoms. The summed E-state index contributed by atoms with van der Waals surface area (Å²) in [4.78, 5) is 1.11. The van der Waals surface area contributed by atoms with E-state index in [4.69, 9.17) is 0 Å². The van der Waals surface area contributed by atoms with Crippen molar-refractivity contribution in [3.8, 4) is 0 Å². The molecule has 1 unspecified atom stereocenters. The maximum Gasteiger partial charge on any atom is 0.123 e. The Kier molecular flexibility index (Phi) is 6.32. The van der Waals surface area contributed by atoms with Gasteiger partial charge in [-0.05, 0) is 78.0 Å². The van der Waals surface area contributed by atoms with Gasteiger partial charge in [0.25, 0.3) is 0 Å². The maximum atomic E-state index is 12.8. The van der Waals surface area contributed by atoms with E-state index < -0.39 is 0 Å². The Balaban J connectivity index is 1.88. The Morgan fingerprint density at radius 1 is 1.10 bits per heavy atom. The van der Waals surface area contributed by atoms with Crippen molar-refractivity contribution in [3.05, 3.63) is 63.5 Å². The molecule has 2 rings (SSSR count). The SMILES string of the molecule is CNC(CSc1ccc(F)cc1)Cc1ccc(I)cc1. The van der Waals surface area contributed by atoms with Crippen LogP contribution in [0.2, 0.25) is 0 Å². The van der Waals surface area contributed by atoms with Gasteiger partial charge in [-0.1, -0.05) is 12.1 Å². The van der Waals surface area contributed by atoms with Crippen LogP contribution in [-0.2, 0) is 6.42 Å². The zero-order valence-electron chi connectivity index (χ0n) is 11.3. The smallest absolute Gasteiger partial charge is 0.123 e. The fraction of sp³-hybridized carbons (Fsp3) is 0.250. The molecule has 0 bridgehead atoms. The highest BCUT2D eigenvalue weighted by atomic mass is 127. The average Bonchev–Trinajstić information content (AvgIpc) is 2.47. The molecule has 1 atom stereocenters. The largest absolute Gasteiger partial charge is 0.316 e. The van der Waals surface area contributed by atoms with E-state index in [9.17, 15) is 4.39 Å². The molecule has 0 amide bonds. The van der Waals surface area contributed by atoms with Gasteiger partial charge in [0.15, 0.2) is 0 Å². The molecule has 2 aromatic rings. The van der Waals surface area contributed by atoms with Gasteiger partial charge in [-0.25, -0.2) is 4.39 Å². The fourth-order valence-corrected chi connectivity index (χ4v) is 3.24. The van der Waals surface area contributed by atoms with E-state index in [0.29, 0.717) is 6.04 Å². The van der Waals surface area contributed by atoms with Crippen molar-refractivity contribution in [2.75, 3.05) is 12.8 Å². The summed E-state index contributed by atoms with van der Waals surface area (Å²) in [5.74, 6) is 0.784. The van der Waals surface area contributed by atoms with Crippen LogP contribution in [0, 0.1) is 9.39 Å². The summed E-state index contributed by atoms with van der Waals surface area (Å²) in [7, 11) is 1.99. The van der Waals surface area contributed by atoms with E-state index in [2.05, 4.69) is 52.2 Å². The van der Waals surface area contributed by atoms with E-state index in [0.717, 1.165) is 17.1 Å². The first kappa shape index (κ1) is 15.8. The van der Waals surface area contributed by atoms with Crippen molar-refractivity contribution in [1.82, 2.24) is 5.32 Å². The Labute approximate surface area is 137 Å². The number of hydrogen-bond acceptors (Lipinski definition) is 2. The Hall–Kier alpha value is -0.590. The van der Waals surface area contributed by atoms with Crippen LogP contribution in [-0.4, -0.2) is 18.8 Å². The third kappa shape index (κ3) is 5.07. The zero-order chi connectivity index (χ0) is 14.4. The summed E-state index contributed by atoms with van der Waals surface area (Å²) >= 11 is 4.07. The molecule has 0 radical (unpaired) electrons. The van der Waals surface area contributed by atoms with Gasteiger partial charge in [-0.15, -0.1) is 11.8 Å². The molecule has 106 valence electrons. The van der Waals surface area contributed by atoms with Crippen molar-refractivity contribution in [2.45, 2.75) is 17.4 Å². The summed E-state index contributed by atoms with van der Waals surface area (Å²) in [5.41, 5.74) is 1.34. The normalized spacial score (nSPS) is 12.3. The van der Waals surface area contributed by atoms with Crippen LogP contribution in [0.4, 0.5) is 4.39 Å². The lowest BCUT2D eigenvalue weighted by Gasteiger charge is -2.16. The molecular weight excluding hydrogens is 384 g/mol. The molecular formula is C16H17FINS. The number of halogens is 2. The first-order chi connectivity index (χ1) is 9.67. The van der Waals surface area contributed by atoms with Crippen LogP contribution in [0.15, 0.2) is 53.4 Å². The molecule has 0 spiro atoms. The number of benzene rings is 2. The van der Waals surface area contributed by atoms with Gasteiger partial charge in [-0.2, -0.15) is 0 Å². The van der Waals surface area contributed by atoms with Gasteiger partial charge in [0.05, 0.1) is 0 Å². The summed E-state index contributed by atoms with van der Waals surface area (Å²) in [6.07, 6.45) is 1.00. The van der Waals surface area contributed by atoms with Crippen molar-refractivity contribution in [3.63, 3.8) is 0 Å². The topological polar surface area (TPSA) is 12.0 Å². The van der Waals surface area contributed by atoms with Gasteiger partial charge in [-0.3, -0.25) is 0 Å². The minimum atomic E-state index is -0.182. The molecule has 1 nitrogen and oxygen atoms in total. The lowest BCUT2D eigenvalue weighted by Crippen LogP contribution is -2.30. The second-order valence-corrected chi connectivity index (χ2v) is 6.92. The summed E-state index contributed by atoms with van der Waals surface area (Å²) in [6.45, 7) is 0. The molecule has 0 aliphatic carbocycles. The van der Waals surface area contributed by atoms with Gasteiger partial charge in [0.1, 0.15) is 5.82 Å². The molecule has 4 heteroatoms. The van der Waals surface area contributed by atoms with E-state index in [1.54, 1.807) is 11.8 Å². The van der Waals surface area contributed by atoms with Crippen molar-refractivity contribution in [2.24, 2.45) is 0 Å². The number of hydrogen-bond donors (Lipinski definition) is 1. The van der Waals surface area contributed by atoms with Gasteiger partial charge >= 0.3 is 0 Å². The third-order valence-corrected chi connectivity index (χ3v) is 4.96. The van der Waals surface area contributed by atoms with Gasteiger partial charge in [0, 0.05) is 20.3 Å². The molecule has 0 aliphatic rings. The Morgan fingerprint density at radius 3 is 2.35 bits per heavy atom. The summed E-state index contributed by atoms with van der Waals surface area (Å²) in [6, 6.07) is 15.7. The Morgan fingerprint density at radius 2 is 1.75 bits per heavy atom. The lowest BCUT2D eigenvalue weighted by molar-refractivity contribution is 0.617. The summed E-state index contributed by atoms with van der Waals surface area (Å²) < 4.78 is 14.1. The number of rotatable bonds is 6. The van der Waals surface area contributed by atoms with E-state index in [-0.39, 0.29) is 5.82 Å². The monoisotopic (exact) mass is 401 g/mol. The van der Waals surface area contributed by atoms with E-state index >= 15 is 0 Å². The highest BCUT2D eigenvalue weighted by Crippen LogP contribution is 2.20. The number of nitrogens with one attached hydrogen (secondary N) is 1. The van der Waals surface area contributed by atoms with Crippen molar-refractivity contribution in [1.29, 1.82) is 0 Å². The third-order valence-electron chi connectivity index (χ3n) is 3.07. The molecule has 0 fully saturated rings. The molecule has 0 heterocycles. The highest BCUT2D eigenvalue weighted by Gasteiger charge is 2.08. The molecule has 0 saturated heterocycles.